The molecule has 1 aliphatic heterocycles. The molecule has 8 heteroatoms. The smallest absolute Gasteiger partial charge is 0.274 e. The Labute approximate surface area is 177 Å². The normalized spacial score (nSPS) is 17.0. The molecule has 2 heterocycles. The molecule has 2 aromatic carbocycles. The summed E-state index contributed by atoms with van der Waals surface area (Å²) in [4.78, 5) is 13.2. The molecule has 30 heavy (non-hydrogen) atoms. The van der Waals surface area contributed by atoms with Gasteiger partial charge in [0.2, 0.25) is 0 Å². The van der Waals surface area contributed by atoms with Gasteiger partial charge in [-0.25, -0.2) is 5.01 Å². The Morgan fingerprint density at radius 2 is 1.87 bits per heavy atom. The zero-order valence-electron chi connectivity index (χ0n) is 16.5. The summed E-state index contributed by atoms with van der Waals surface area (Å²) in [6.45, 7) is 1.97. The molecular weight excluding hydrogens is 402 g/mol. The summed E-state index contributed by atoms with van der Waals surface area (Å²) in [6.07, 6.45) is 2.07. The summed E-state index contributed by atoms with van der Waals surface area (Å²) >= 11 is -2.34. The fraction of sp³-hybridized carbons (Fsp3) is 0.182. The lowest BCUT2D eigenvalue weighted by Gasteiger charge is -2.21. The molecule has 2 atom stereocenters. The van der Waals surface area contributed by atoms with E-state index in [0.717, 1.165) is 21.1 Å². The van der Waals surface area contributed by atoms with Crippen LogP contribution in [0.5, 0.6) is 0 Å². The van der Waals surface area contributed by atoms with Crippen LogP contribution in [0.3, 0.4) is 0 Å². The van der Waals surface area contributed by atoms with E-state index in [9.17, 15) is 13.6 Å². The lowest BCUT2D eigenvalue weighted by Crippen LogP contribution is -2.26. The van der Waals surface area contributed by atoms with E-state index in [1.807, 2.05) is 25.1 Å². The number of hydrogen-bond donors (Lipinski definition) is 0. The number of anilines is 1. The van der Waals surface area contributed by atoms with Crippen molar-refractivity contribution in [3.63, 3.8) is 0 Å². The van der Waals surface area contributed by atoms with Crippen molar-refractivity contribution in [2.75, 3.05) is 11.4 Å². The largest absolute Gasteiger partial charge is 0.755 e. The Bertz CT molecular complexity index is 1090. The van der Waals surface area contributed by atoms with E-state index in [1.165, 1.54) is 12.1 Å². The van der Waals surface area contributed by atoms with Crippen molar-refractivity contribution in [2.24, 2.45) is 5.10 Å². The van der Waals surface area contributed by atoms with Crippen molar-refractivity contribution in [2.45, 2.75) is 19.4 Å². The molecule has 4 rings (SSSR count). The van der Waals surface area contributed by atoms with Gasteiger partial charge in [0, 0.05) is 36.0 Å². The quantitative estimate of drug-likeness (QED) is 0.585. The number of amides is 1. The van der Waals surface area contributed by atoms with Gasteiger partial charge in [-0.2, -0.15) is 5.10 Å². The molecule has 7 nitrogen and oxygen atoms in total. The van der Waals surface area contributed by atoms with E-state index < -0.39 is 11.3 Å². The van der Waals surface area contributed by atoms with E-state index in [-0.39, 0.29) is 11.9 Å². The molecule has 0 spiro atoms. The van der Waals surface area contributed by atoms with Crippen molar-refractivity contribution in [3.8, 4) is 0 Å². The van der Waals surface area contributed by atoms with Crippen molar-refractivity contribution >= 4 is 28.6 Å². The van der Waals surface area contributed by atoms with Gasteiger partial charge in [0.25, 0.3) is 5.91 Å². The van der Waals surface area contributed by atoms with E-state index >= 15 is 0 Å². The number of carbonyl (C=O) groups excluding carboxylic acids is 1. The molecule has 0 aliphatic carbocycles. The molecule has 0 radical (unpaired) electrons. The van der Waals surface area contributed by atoms with Gasteiger partial charge in [-0.15, -0.1) is 0 Å². The fourth-order valence-corrected chi connectivity index (χ4v) is 3.65. The minimum Gasteiger partial charge on any atom is -0.755 e. The minimum atomic E-state index is -2.34. The number of aryl methyl sites for hydroxylation is 1. The number of carbonyl (C=O) groups is 1. The molecule has 0 fully saturated rings. The molecule has 3 aromatic rings. The van der Waals surface area contributed by atoms with Crippen LogP contribution in [-0.2, 0) is 11.3 Å². The first-order valence-electron chi connectivity index (χ1n) is 9.38. The third kappa shape index (κ3) is 3.92. The van der Waals surface area contributed by atoms with Crippen LogP contribution >= 0.6 is 0 Å². The molecule has 1 amide bonds. The maximum atomic E-state index is 13.2. The summed E-state index contributed by atoms with van der Waals surface area (Å²) in [7, 11) is 1.47. The van der Waals surface area contributed by atoms with Gasteiger partial charge in [0.1, 0.15) is 11.8 Å². The zero-order chi connectivity index (χ0) is 21.3. The van der Waals surface area contributed by atoms with Crippen LogP contribution in [0.1, 0.15) is 39.7 Å². The summed E-state index contributed by atoms with van der Waals surface area (Å²) in [5.41, 5.74) is 3.72. The number of benzene rings is 2. The van der Waals surface area contributed by atoms with Crippen LogP contribution in [0.25, 0.3) is 0 Å². The molecule has 1 aliphatic rings. The molecule has 1 aromatic heterocycles. The molecule has 2 unspecified atom stereocenters. The van der Waals surface area contributed by atoms with Crippen LogP contribution in [0.15, 0.2) is 76.4 Å². The van der Waals surface area contributed by atoms with Crippen molar-refractivity contribution in [1.82, 2.24) is 5.01 Å². The monoisotopic (exact) mass is 422 g/mol. The molecule has 154 valence electrons. The van der Waals surface area contributed by atoms with Gasteiger partial charge in [0.15, 0.2) is 0 Å². The lowest BCUT2D eigenvalue weighted by atomic mass is 10.0. The highest BCUT2D eigenvalue weighted by Gasteiger charge is 2.35. The number of rotatable bonds is 5. The Kier molecular flexibility index (Phi) is 5.52. The maximum Gasteiger partial charge on any atom is 0.274 e. The third-order valence-electron chi connectivity index (χ3n) is 5.08. The Hall–Kier alpha value is -3.23. The van der Waals surface area contributed by atoms with E-state index in [1.54, 1.807) is 48.7 Å². The van der Waals surface area contributed by atoms with E-state index in [2.05, 4.69) is 5.10 Å². The molecular formula is C22H20N3O4S-. The standard InChI is InChI=1S/C22H21N3O4S/c1-15-5-7-17(8-6-15)22(26)25-20(21-4-3-13-29-21)14-19(23-25)16-9-11-18(12-10-16)24(2)30(27)28/h3-13,20H,14H2,1-2H3,(H,27,28)/p-1. The molecule has 0 saturated carbocycles. The number of hydrogen-bond acceptors (Lipinski definition) is 5. The van der Waals surface area contributed by atoms with Crippen LogP contribution in [0, 0.1) is 6.92 Å². The number of nitrogens with zero attached hydrogens (tertiary/aromatic N) is 3. The average molecular weight is 422 g/mol. The van der Waals surface area contributed by atoms with Crippen LogP contribution < -0.4 is 4.31 Å². The topological polar surface area (TPSA) is 89.2 Å². The predicted molar refractivity (Wildman–Crippen MR) is 114 cm³/mol. The number of hydrazone groups is 1. The summed E-state index contributed by atoms with van der Waals surface area (Å²) < 4.78 is 29.0. The van der Waals surface area contributed by atoms with E-state index in [4.69, 9.17) is 4.42 Å². The van der Waals surface area contributed by atoms with Gasteiger partial charge in [-0.05, 0) is 48.9 Å². The van der Waals surface area contributed by atoms with Gasteiger partial charge in [0.05, 0.1) is 12.0 Å². The zero-order valence-corrected chi connectivity index (χ0v) is 17.3. The highest BCUT2D eigenvalue weighted by atomic mass is 32.2. The Morgan fingerprint density at radius 1 is 1.17 bits per heavy atom. The van der Waals surface area contributed by atoms with Crippen LogP contribution in [0.4, 0.5) is 5.69 Å². The summed E-state index contributed by atoms with van der Waals surface area (Å²) in [5.74, 6) is 0.455. The Morgan fingerprint density at radius 3 is 2.47 bits per heavy atom. The second kappa shape index (κ2) is 8.25. The molecule has 0 N–H and O–H groups in total. The first kappa shape index (κ1) is 20.1. The van der Waals surface area contributed by atoms with Crippen LogP contribution in [-0.4, -0.2) is 32.4 Å². The third-order valence-corrected chi connectivity index (χ3v) is 5.73. The summed E-state index contributed by atoms with van der Waals surface area (Å²) in [5, 5.41) is 6.07. The number of furan rings is 1. The van der Waals surface area contributed by atoms with E-state index in [0.29, 0.717) is 23.4 Å². The van der Waals surface area contributed by atoms with Gasteiger partial charge in [-0.1, -0.05) is 29.8 Å². The van der Waals surface area contributed by atoms with Gasteiger partial charge in [-0.3, -0.25) is 9.00 Å². The first-order chi connectivity index (χ1) is 14.4. The van der Waals surface area contributed by atoms with Crippen molar-refractivity contribution < 1.29 is 18.0 Å². The lowest BCUT2D eigenvalue weighted by molar-refractivity contribution is 0.0693. The SMILES string of the molecule is Cc1ccc(C(=O)N2N=C(c3ccc(N(C)S(=O)[O-])cc3)CC2c2ccco2)cc1. The van der Waals surface area contributed by atoms with Crippen molar-refractivity contribution in [3.05, 3.63) is 89.4 Å². The molecule has 0 saturated heterocycles. The predicted octanol–water partition coefficient (Wildman–Crippen LogP) is 3.81. The second-order valence-electron chi connectivity index (χ2n) is 7.06. The fourth-order valence-electron chi connectivity index (χ4n) is 3.35. The van der Waals surface area contributed by atoms with Gasteiger partial charge >= 0.3 is 0 Å². The van der Waals surface area contributed by atoms with Gasteiger partial charge < -0.3 is 13.3 Å². The Balaban J connectivity index is 1.65. The second-order valence-corrected chi connectivity index (χ2v) is 8.04. The average Bonchev–Trinajstić information content (AvgIpc) is 3.43. The highest BCUT2D eigenvalue weighted by molar-refractivity contribution is 7.80. The highest BCUT2D eigenvalue weighted by Crippen LogP contribution is 2.34. The van der Waals surface area contributed by atoms with Crippen LogP contribution in [0.2, 0.25) is 0 Å². The minimum absolute atomic E-state index is 0.204. The van der Waals surface area contributed by atoms with Crippen molar-refractivity contribution in [1.29, 1.82) is 0 Å². The summed E-state index contributed by atoms with van der Waals surface area (Å²) in [6, 6.07) is 17.7. The maximum absolute atomic E-state index is 13.2. The molecule has 0 bridgehead atoms. The first-order valence-corrected chi connectivity index (χ1v) is 10.4.